The first kappa shape index (κ1) is 15.8. The van der Waals surface area contributed by atoms with E-state index in [0.29, 0.717) is 30.6 Å². The van der Waals surface area contributed by atoms with Crippen LogP contribution in [0.4, 0.5) is 0 Å². The lowest BCUT2D eigenvalue weighted by atomic mass is 10.0. The fraction of sp³-hybridized carbons (Fsp3) is 0.588. The summed E-state index contributed by atoms with van der Waals surface area (Å²) in [6, 6.07) is 8.16. The van der Waals surface area contributed by atoms with Crippen molar-refractivity contribution in [3.8, 4) is 0 Å². The van der Waals surface area contributed by atoms with E-state index in [-0.39, 0.29) is 18.1 Å². The van der Waals surface area contributed by atoms with E-state index in [0.717, 1.165) is 18.5 Å². The second kappa shape index (κ2) is 6.99. The first-order valence-electron chi connectivity index (χ1n) is 8.04. The van der Waals surface area contributed by atoms with E-state index in [4.69, 9.17) is 16.3 Å². The zero-order chi connectivity index (χ0) is 15.5. The first-order valence-corrected chi connectivity index (χ1v) is 8.42. The lowest BCUT2D eigenvalue weighted by Gasteiger charge is -2.39. The highest BCUT2D eigenvalue weighted by atomic mass is 35.5. The molecule has 2 aliphatic heterocycles. The summed E-state index contributed by atoms with van der Waals surface area (Å²) in [5.41, 5.74) is 0.966. The minimum atomic E-state index is -0.134. The average molecular weight is 323 g/mol. The van der Waals surface area contributed by atoms with Crippen LogP contribution in [0.3, 0.4) is 0 Å². The number of carbonyl (C=O) groups excluding carboxylic acids is 1. The number of nitrogens with one attached hydrogen (secondary N) is 1. The van der Waals surface area contributed by atoms with Crippen molar-refractivity contribution in [3.05, 3.63) is 34.9 Å². The third kappa shape index (κ3) is 3.45. The van der Waals surface area contributed by atoms with Crippen LogP contribution in [0.15, 0.2) is 24.3 Å². The molecule has 2 fully saturated rings. The Morgan fingerprint density at radius 3 is 3.00 bits per heavy atom. The molecular weight excluding hydrogens is 300 g/mol. The quantitative estimate of drug-likeness (QED) is 0.930. The molecule has 1 aromatic rings. The third-order valence-corrected chi connectivity index (χ3v) is 4.93. The number of hydrogen-bond acceptors (Lipinski definition) is 3. The predicted molar refractivity (Wildman–Crippen MR) is 87.0 cm³/mol. The number of morpholine rings is 1. The summed E-state index contributed by atoms with van der Waals surface area (Å²) in [6.07, 6.45) is 2.71. The summed E-state index contributed by atoms with van der Waals surface area (Å²) in [5, 5.41) is 4.09. The molecule has 0 radical (unpaired) electrons. The van der Waals surface area contributed by atoms with Gasteiger partial charge in [-0.15, -0.1) is 0 Å². The Morgan fingerprint density at radius 2 is 2.27 bits per heavy atom. The van der Waals surface area contributed by atoms with Gasteiger partial charge in [0.05, 0.1) is 19.2 Å². The average Bonchev–Trinajstić information content (AvgIpc) is 3.01. The first-order chi connectivity index (χ1) is 10.6. The SMILES string of the molecule is CC1COC(c2ccccc2Cl)CN1C(=O)CC1CCCN1. The lowest BCUT2D eigenvalue weighted by Crippen LogP contribution is -2.49. The lowest BCUT2D eigenvalue weighted by molar-refractivity contribution is -0.145. The van der Waals surface area contributed by atoms with Gasteiger partial charge in [-0.05, 0) is 32.4 Å². The number of amides is 1. The maximum absolute atomic E-state index is 12.6. The minimum Gasteiger partial charge on any atom is -0.369 e. The number of rotatable bonds is 3. The van der Waals surface area contributed by atoms with Gasteiger partial charge in [0.1, 0.15) is 6.10 Å². The highest BCUT2D eigenvalue weighted by Crippen LogP contribution is 2.30. The molecule has 1 aromatic carbocycles. The smallest absolute Gasteiger partial charge is 0.224 e. The van der Waals surface area contributed by atoms with Crippen LogP contribution in [0.2, 0.25) is 5.02 Å². The van der Waals surface area contributed by atoms with Crippen molar-refractivity contribution < 1.29 is 9.53 Å². The molecule has 1 N–H and O–H groups in total. The molecule has 3 atom stereocenters. The molecule has 4 nitrogen and oxygen atoms in total. The Kier molecular flexibility index (Phi) is 5.01. The number of ether oxygens (including phenoxy) is 1. The molecule has 2 saturated heterocycles. The second-order valence-corrected chi connectivity index (χ2v) is 6.64. The molecule has 120 valence electrons. The van der Waals surface area contributed by atoms with Crippen molar-refractivity contribution in [2.45, 2.75) is 44.4 Å². The molecule has 3 rings (SSSR count). The Labute approximate surface area is 136 Å². The molecule has 3 unspecified atom stereocenters. The van der Waals surface area contributed by atoms with Crippen LogP contribution in [0, 0.1) is 0 Å². The number of nitrogens with zero attached hydrogens (tertiary/aromatic N) is 1. The summed E-state index contributed by atoms with van der Waals surface area (Å²) < 4.78 is 5.91. The number of carbonyl (C=O) groups is 1. The van der Waals surface area contributed by atoms with Crippen molar-refractivity contribution in [2.24, 2.45) is 0 Å². The molecule has 0 bridgehead atoms. The number of benzene rings is 1. The van der Waals surface area contributed by atoms with Crippen LogP contribution < -0.4 is 5.32 Å². The van der Waals surface area contributed by atoms with Crippen molar-refractivity contribution in [1.29, 1.82) is 0 Å². The van der Waals surface area contributed by atoms with E-state index in [1.54, 1.807) is 0 Å². The summed E-state index contributed by atoms with van der Waals surface area (Å²) in [6.45, 7) is 4.21. The molecule has 22 heavy (non-hydrogen) atoms. The van der Waals surface area contributed by atoms with Gasteiger partial charge < -0.3 is 15.0 Å². The second-order valence-electron chi connectivity index (χ2n) is 6.24. The van der Waals surface area contributed by atoms with Crippen molar-refractivity contribution in [1.82, 2.24) is 10.2 Å². The Balaban J connectivity index is 1.68. The molecule has 2 aliphatic rings. The minimum absolute atomic E-state index is 0.118. The molecule has 0 aliphatic carbocycles. The molecule has 0 aromatic heterocycles. The van der Waals surface area contributed by atoms with Gasteiger partial charge in [0, 0.05) is 23.0 Å². The van der Waals surface area contributed by atoms with E-state index in [9.17, 15) is 4.79 Å². The van der Waals surface area contributed by atoms with Gasteiger partial charge in [0.15, 0.2) is 0 Å². The summed E-state index contributed by atoms with van der Waals surface area (Å²) in [4.78, 5) is 14.6. The Hall–Kier alpha value is -1.10. The summed E-state index contributed by atoms with van der Waals surface area (Å²) in [5.74, 6) is 0.215. The zero-order valence-corrected chi connectivity index (χ0v) is 13.7. The fourth-order valence-corrected chi connectivity index (χ4v) is 3.55. The van der Waals surface area contributed by atoms with Crippen molar-refractivity contribution >= 4 is 17.5 Å². The topological polar surface area (TPSA) is 41.6 Å². The third-order valence-electron chi connectivity index (χ3n) is 4.59. The fourth-order valence-electron chi connectivity index (χ4n) is 3.29. The van der Waals surface area contributed by atoms with Gasteiger partial charge in [-0.25, -0.2) is 0 Å². The van der Waals surface area contributed by atoms with E-state index < -0.39 is 0 Å². The molecule has 5 heteroatoms. The maximum Gasteiger partial charge on any atom is 0.224 e. The Morgan fingerprint density at radius 1 is 1.45 bits per heavy atom. The van der Waals surface area contributed by atoms with E-state index >= 15 is 0 Å². The monoisotopic (exact) mass is 322 g/mol. The normalized spacial score (nSPS) is 28.8. The van der Waals surface area contributed by atoms with Gasteiger partial charge in [0.2, 0.25) is 5.91 Å². The molecular formula is C17H23ClN2O2. The number of halogens is 1. The van der Waals surface area contributed by atoms with Gasteiger partial charge in [-0.3, -0.25) is 4.79 Å². The van der Waals surface area contributed by atoms with Crippen LogP contribution >= 0.6 is 11.6 Å². The Bertz CT molecular complexity index is 531. The molecule has 1 amide bonds. The summed E-state index contributed by atoms with van der Waals surface area (Å²) in [7, 11) is 0. The number of hydrogen-bond donors (Lipinski definition) is 1. The van der Waals surface area contributed by atoms with Gasteiger partial charge in [0.25, 0.3) is 0 Å². The molecule has 2 heterocycles. The van der Waals surface area contributed by atoms with Crippen LogP contribution in [0.1, 0.15) is 37.9 Å². The van der Waals surface area contributed by atoms with E-state index in [1.807, 2.05) is 36.1 Å². The summed E-state index contributed by atoms with van der Waals surface area (Å²) >= 11 is 6.27. The maximum atomic E-state index is 12.6. The largest absolute Gasteiger partial charge is 0.369 e. The van der Waals surface area contributed by atoms with E-state index in [1.165, 1.54) is 6.42 Å². The standard InChI is InChI=1S/C17H23ClN2O2/c1-12-11-22-16(14-6-2-3-7-15(14)18)10-20(12)17(21)9-13-5-4-8-19-13/h2-3,6-7,12-13,16,19H,4-5,8-11H2,1H3. The van der Waals surface area contributed by atoms with E-state index in [2.05, 4.69) is 5.32 Å². The molecule has 0 spiro atoms. The van der Waals surface area contributed by atoms with Crippen molar-refractivity contribution in [2.75, 3.05) is 19.7 Å². The van der Waals surface area contributed by atoms with Gasteiger partial charge >= 0.3 is 0 Å². The van der Waals surface area contributed by atoms with Crippen molar-refractivity contribution in [3.63, 3.8) is 0 Å². The van der Waals surface area contributed by atoms with Gasteiger partial charge in [-0.1, -0.05) is 29.8 Å². The van der Waals surface area contributed by atoms with Crippen LogP contribution in [0.5, 0.6) is 0 Å². The predicted octanol–water partition coefficient (Wildman–Crippen LogP) is 2.77. The van der Waals surface area contributed by atoms with Gasteiger partial charge in [-0.2, -0.15) is 0 Å². The highest BCUT2D eigenvalue weighted by Gasteiger charge is 2.32. The van der Waals surface area contributed by atoms with Crippen LogP contribution in [-0.4, -0.2) is 42.6 Å². The van der Waals surface area contributed by atoms with Crippen LogP contribution in [-0.2, 0) is 9.53 Å². The van der Waals surface area contributed by atoms with Crippen LogP contribution in [0.25, 0.3) is 0 Å². The highest BCUT2D eigenvalue weighted by molar-refractivity contribution is 6.31. The zero-order valence-electron chi connectivity index (χ0n) is 12.9. The molecule has 0 saturated carbocycles.